The predicted octanol–water partition coefficient (Wildman–Crippen LogP) is -1.06. The van der Waals surface area contributed by atoms with E-state index in [9.17, 15) is 0 Å². The Morgan fingerprint density at radius 1 is 0.588 bits per heavy atom. The molecule has 0 heterocycles. The van der Waals surface area contributed by atoms with E-state index in [0.717, 1.165) is 0 Å². The molecule has 0 amide bonds. The van der Waals surface area contributed by atoms with Gasteiger partial charge in [-0.2, -0.15) is 0 Å². The van der Waals surface area contributed by atoms with E-state index < -0.39 is 20.3 Å². The third-order valence-corrected chi connectivity index (χ3v) is 0. The van der Waals surface area contributed by atoms with E-state index in [1.54, 1.807) is 0 Å². The van der Waals surface area contributed by atoms with Crippen LogP contribution in [0.2, 0.25) is 0 Å². The first kappa shape index (κ1) is 29.4. The van der Waals surface area contributed by atoms with Crippen LogP contribution in [0.15, 0.2) is 0 Å². The fraction of sp³-hybridized carbons (Fsp3) is 0. The Labute approximate surface area is 122 Å². The summed E-state index contributed by atoms with van der Waals surface area (Å²) in [7, 11) is 0. The molecule has 0 fully saturated rings. The van der Waals surface area contributed by atoms with Crippen molar-refractivity contribution in [1.29, 1.82) is 0 Å². The van der Waals surface area contributed by atoms with Crippen molar-refractivity contribution >= 4 is 0 Å². The van der Waals surface area contributed by atoms with Crippen molar-refractivity contribution in [1.82, 2.24) is 0 Å². The molecule has 0 aliphatic heterocycles. The molecule has 0 unspecified atom stereocenters. The Bertz CT molecular complexity index is 159. The molecular weight excluding hydrogens is 392 g/mol. The Kier molecular flexibility index (Phi) is 41.1. The summed E-state index contributed by atoms with van der Waals surface area (Å²) >= 11 is 0. The van der Waals surface area contributed by atoms with Crippen LogP contribution in [0.4, 0.5) is 0 Å². The van der Waals surface area contributed by atoms with Gasteiger partial charge in [0.1, 0.15) is 0 Å². The van der Waals surface area contributed by atoms with Crippen molar-refractivity contribution in [3.63, 3.8) is 0 Å². The Morgan fingerprint density at radius 3 is 0.588 bits per heavy atom. The fourth-order valence-electron chi connectivity index (χ4n) is 0. The van der Waals surface area contributed by atoms with E-state index in [-0.39, 0.29) is 40.8 Å². The molecule has 0 saturated carbocycles. The fourth-order valence-corrected chi connectivity index (χ4v) is 0. The number of hydrogen-bond donors (Lipinski definition) is 1. The van der Waals surface area contributed by atoms with Gasteiger partial charge in [0.2, 0.25) is 0 Å². The minimum absolute atomic E-state index is 0. The zero-order valence-corrected chi connectivity index (χ0v) is 10.4. The van der Waals surface area contributed by atoms with E-state index in [1.165, 1.54) is 0 Å². The first-order valence-electron chi connectivity index (χ1n) is 2.21. The molecule has 1 N–H and O–H groups in total. The Hall–Kier alpha value is -1.85. The van der Waals surface area contributed by atoms with E-state index >= 15 is 0 Å². The first-order chi connectivity index (χ1) is 6.93. The van der Waals surface area contributed by atoms with E-state index in [4.69, 9.17) is 61.3 Å². The molecule has 17 heteroatoms. The van der Waals surface area contributed by atoms with Gasteiger partial charge in [-0.15, -0.1) is 10.1 Å². The van der Waals surface area contributed by atoms with Gasteiger partial charge in [0.05, 0.1) is 15.3 Å². The minimum Gasteiger partial charge on any atom is -0.356 e. The molecule has 0 aliphatic carbocycles. The molecule has 0 bridgehead atoms. The minimum atomic E-state index is -1.75. The molecule has 0 aromatic carbocycles. The van der Waals surface area contributed by atoms with Crippen LogP contribution < -0.4 is 0 Å². The topological polar surface area (TPSA) is 262 Å². The molecule has 16 nitrogen and oxygen atoms in total. The van der Waals surface area contributed by atoms with Crippen LogP contribution in [0.1, 0.15) is 0 Å². The number of rotatable bonds is 0. The van der Waals surface area contributed by atoms with Crippen LogP contribution >= 0.6 is 0 Å². The van der Waals surface area contributed by atoms with Gasteiger partial charge in [-0.1, -0.05) is 0 Å². The van der Waals surface area contributed by atoms with Crippen LogP contribution in [0.5, 0.6) is 0 Å². The Morgan fingerprint density at radius 2 is 0.588 bits per heavy atom. The molecule has 0 rings (SSSR count). The quantitative estimate of drug-likeness (QED) is 0.381. The number of nitrogens with zero attached hydrogens (tertiary/aromatic N) is 4. The van der Waals surface area contributed by atoms with Crippen molar-refractivity contribution in [3.8, 4) is 0 Å². The molecule has 0 saturated heterocycles. The standard InChI is InChI=1S/HNO3.3NO3.Nd/c4*2-1(3)4;/h(H,2,3,4);;;;/q;3*-1;+3. The normalized spacial score (nSPS) is 5.65. The van der Waals surface area contributed by atoms with Gasteiger partial charge >= 0.3 is 40.8 Å². The smallest absolute Gasteiger partial charge is 0.356 e. The zero-order chi connectivity index (χ0) is 14.3. The molecule has 1 radical (unpaired) electrons. The third-order valence-electron chi connectivity index (χ3n) is 0. The second-order valence-corrected chi connectivity index (χ2v) is 0.909. The summed E-state index contributed by atoms with van der Waals surface area (Å²) in [6.45, 7) is 0. The summed E-state index contributed by atoms with van der Waals surface area (Å²) in [5, 5.41) is 57.9. The summed E-state index contributed by atoms with van der Waals surface area (Å²) in [6.07, 6.45) is 0. The summed E-state index contributed by atoms with van der Waals surface area (Å²) in [5.74, 6) is 0. The van der Waals surface area contributed by atoms with Gasteiger partial charge in [0.25, 0.3) is 5.09 Å². The second kappa shape index (κ2) is 23.8. The van der Waals surface area contributed by atoms with Crippen molar-refractivity contribution in [2.75, 3.05) is 0 Å². The van der Waals surface area contributed by atoms with Crippen LogP contribution in [-0.4, -0.2) is 25.6 Å². The molecule has 0 aromatic heterocycles. The molecule has 0 spiro atoms. The summed E-state index contributed by atoms with van der Waals surface area (Å²) in [4.78, 5) is 33.1. The molecule has 0 aliphatic rings. The van der Waals surface area contributed by atoms with Crippen LogP contribution in [-0.2, 0) is 0 Å². The molecule has 97 valence electrons. The maximum atomic E-state index is 8.36. The van der Waals surface area contributed by atoms with Gasteiger partial charge < -0.3 is 51.2 Å². The predicted molar refractivity (Wildman–Crippen MR) is 39.9 cm³/mol. The van der Waals surface area contributed by atoms with E-state index in [0.29, 0.717) is 0 Å². The van der Waals surface area contributed by atoms with Crippen LogP contribution in [0.3, 0.4) is 0 Å². The van der Waals surface area contributed by atoms with Crippen molar-refractivity contribution in [2.24, 2.45) is 0 Å². The Balaban J connectivity index is -0.0000000369. The van der Waals surface area contributed by atoms with Crippen molar-refractivity contribution in [3.05, 3.63) is 56.1 Å². The molecule has 17 heavy (non-hydrogen) atoms. The van der Waals surface area contributed by atoms with E-state index in [2.05, 4.69) is 0 Å². The average molecular weight is 393 g/mol. The van der Waals surface area contributed by atoms with Gasteiger partial charge in [-0.05, 0) is 0 Å². The first-order valence-corrected chi connectivity index (χ1v) is 2.21. The van der Waals surface area contributed by atoms with Crippen molar-refractivity contribution in [2.45, 2.75) is 0 Å². The molecule has 0 aromatic rings. The van der Waals surface area contributed by atoms with Crippen molar-refractivity contribution < 1.29 is 66.4 Å². The van der Waals surface area contributed by atoms with Gasteiger partial charge in [0, 0.05) is 0 Å². The largest absolute Gasteiger partial charge is 3.00 e. The van der Waals surface area contributed by atoms with Crippen LogP contribution in [0, 0.1) is 96.9 Å². The second-order valence-electron chi connectivity index (χ2n) is 0.909. The number of hydrogen-bond acceptors (Lipinski definition) is 11. The third kappa shape index (κ3) is 611. The SMILES string of the molecule is O=[N+]([O-])O.O=[N+]([O-])[O-].O=[N+]([O-])[O-].O=[N+]([O-])[O-].[Nd+3]. The molecular formula is HN4NdO12. The maximum Gasteiger partial charge on any atom is 3.00 e. The van der Waals surface area contributed by atoms with Gasteiger partial charge in [-0.25, -0.2) is 0 Å². The van der Waals surface area contributed by atoms with E-state index in [1.807, 2.05) is 0 Å². The summed E-state index contributed by atoms with van der Waals surface area (Å²) < 4.78 is 0. The summed E-state index contributed by atoms with van der Waals surface area (Å²) in [5.41, 5.74) is 0. The van der Waals surface area contributed by atoms with Gasteiger partial charge in [0.15, 0.2) is 0 Å². The summed E-state index contributed by atoms with van der Waals surface area (Å²) in [6, 6.07) is 0. The average Bonchev–Trinajstić information content (AvgIpc) is 1.76. The zero-order valence-electron chi connectivity index (χ0n) is 7.23. The van der Waals surface area contributed by atoms with Crippen LogP contribution in [0.25, 0.3) is 0 Å². The monoisotopic (exact) mass is 391 g/mol. The molecule has 0 atom stereocenters. The van der Waals surface area contributed by atoms with Gasteiger partial charge in [-0.3, -0.25) is 0 Å². The maximum absolute atomic E-state index is 8.36.